The van der Waals surface area contributed by atoms with Gasteiger partial charge in [-0.1, -0.05) is 25.1 Å². The molecule has 2 aromatic rings. The number of aryl methyl sites for hydroxylation is 1. The van der Waals surface area contributed by atoms with Gasteiger partial charge in [-0.25, -0.2) is 0 Å². The van der Waals surface area contributed by atoms with Crippen molar-refractivity contribution in [2.24, 2.45) is 0 Å². The molecule has 0 spiro atoms. The molecule has 0 bridgehead atoms. The maximum Gasteiger partial charge on any atom is 0.252 e. The van der Waals surface area contributed by atoms with Gasteiger partial charge in [0.05, 0.1) is 11.1 Å². The number of carbonyl (C=O) groups excluding carboxylic acids is 1. The van der Waals surface area contributed by atoms with Crippen LogP contribution in [0, 0.1) is 0 Å². The number of para-hydroxylation sites is 1. The van der Waals surface area contributed by atoms with Crippen molar-refractivity contribution in [1.82, 2.24) is 10.3 Å². The van der Waals surface area contributed by atoms with E-state index in [1.807, 2.05) is 24.3 Å². The molecule has 0 aliphatic heterocycles. The van der Waals surface area contributed by atoms with Gasteiger partial charge >= 0.3 is 0 Å². The Bertz CT molecular complexity index is 634. The topological polar surface area (TPSA) is 42.0 Å². The first-order valence-corrected chi connectivity index (χ1v) is 7.00. The smallest absolute Gasteiger partial charge is 0.252 e. The summed E-state index contributed by atoms with van der Waals surface area (Å²) < 4.78 is 0. The lowest BCUT2D eigenvalue weighted by atomic mass is 10.0. The molecule has 0 unspecified atom stereocenters. The zero-order chi connectivity index (χ0) is 13.2. The molecule has 3 heteroatoms. The lowest BCUT2D eigenvalue weighted by Crippen LogP contribution is -2.25. The lowest BCUT2D eigenvalue weighted by Gasteiger charge is -2.12. The highest BCUT2D eigenvalue weighted by atomic mass is 16.1. The van der Waals surface area contributed by atoms with Crippen LogP contribution in [-0.2, 0) is 12.8 Å². The minimum atomic E-state index is 0.0543. The Balaban J connectivity index is 2.17. The number of carbonyl (C=O) groups is 1. The average Bonchev–Trinajstić information content (AvgIpc) is 2.89. The number of amides is 1. The normalized spacial score (nSPS) is 13.5. The first-order chi connectivity index (χ1) is 9.31. The molecule has 0 saturated carbocycles. The summed E-state index contributed by atoms with van der Waals surface area (Å²) in [7, 11) is 0. The number of aromatic nitrogens is 1. The average molecular weight is 254 g/mol. The van der Waals surface area contributed by atoms with Gasteiger partial charge in [-0.2, -0.15) is 0 Å². The zero-order valence-corrected chi connectivity index (χ0v) is 11.2. The second kappa shape index (κ2) is 5.00. The Kier molecular flexibility index (Phi) is 3.20. The van der Waals surface area contributed by atoms with Gasteiger partial charge in [0.2, 0.25) is 0 Å². The van der Waals surface area contributed by atoms with Gasteiger partial charge in [0, 0.05) is 17.6 Å². The van der Waals surface area contributed by atoms with Crippen LogP contribution in [0.2, 0.25) is 0 Å². The maximum atomic E-state index is 12.4. The molecule has 1 aromatic carbocycles. The molecule has 3 rings (SSSR count). The molecular weight excluding hydrogens is 236 g/mol. The molecule has 1 heterocycles. The highest BCUT2D eigenvalue weighted by Gasteiger charge is 2.23. The second-order valence-corrected chi connectivity index (χ2v) is 5.04. The summed E-state index contributed by atoms with van der Waals surface area (Å²) in [6, 6.07) is 7.94. The van der Waals surface area contributed by atoms with Crippen LogP contribution >= 0.6 is 0 Å². The summed E-state index contributed by atoms with van der Waals surface area (Å²) >= 11 is 0. The second-order valence-electron chi connectivity index (χ2n) is 5.04. The Labute approximate surface area is 113 Å². The Hall–Kier alpha value is -1.90. The Morgan fingerprint density at radius 2 is 2.16 bits per heavy atom. The Morgan fingerprint density at radius 3 is 3.00 bits per heavy atom. The monoisotopic (exact) mass is 254 g/mol. The molecule has 1 aliphatic rings. The quantitative estimate of drug-likeness (QED) is 0.915. The van der Waals surface area contributed by atoms with Crippen molar-refractivity contribution in [3.05, 3.63) is 41.1 Å². The van der Waals surface area contributed by atoms with E-state index < -0.39 is 0 Å². The highest BCUT2D eigenvalue weighted by Crippen LogP contribution is 2.29. The summed E-state index contributed by atoms with van der Waals surface area (Å²) in [6.07, 6.45) is 4.03. The van der Waals surface area contributed by atoms with Crippen molar-refractivity contribution in [3.63, 3.8) is 0 Å². The Morgan fingerprint density at radius 1 is 1.32 bits per heavy atom. The van der Waals surface area contributed by atoms with Crippen molar-refractivity contribution in [3.8, 4) is 0 Å². The predicted molar refractivity (Wildman–Crippen MR) is 76.4 cm³/mol. The van der Waals surface area contributed by atoms with Gasteiger partial charge in [-0.15, -0.1) is 0 Å². The van der Waals surface area contributed by atoms with Gasteiger partial charge in [-0.05, 0) is 37.3 Å². The van der Waals surface area contributed by atoms with E-state index in [-0.39, 0.29) is 5.91 Å². The highest BCUT2D eigenvalue weighted by molar-refractivity contribution is 6.07. The number of hydrogen-bond acceptors (Lipinski definition) is 2. The summed E-state index contributed by atoms with van der Waals surface area (Å²) in [5, 5.41) is 3.99. The third-order valence-corrected chi connectivity index (χ3v) is 3.68. The van der Waals surface area contributed by atoms with Crippen LogP contribution in [0.25, 0.3) is 10.9 Å². The van der Waals surface area contributed by atoms with Crippen LogP contribution < -0.4 is 5.32 Å². The van der Waals surface area contributed by atoms with E-state index >= 15 is 0 Å². The molecule has 1 N–H and O–H groups in total. The molecule has 19 heavy (non-hydrogen) atoms. The van der Waals surface area contributed by atoms with Crippen molar-refractivity contribution >= 4 is 16.8 Å². The van der Waals surface area contributed by atoms with Gasteiger partial charge in [0.15, 0.2) is 0 Å². The molecule has 0 atom stereocenters. The van der Waals surface area contributed by atoms with Gasteiger partial charge in [0.1, 0.15) is 0 Å². The van der Waals surface area contributed by atoms with Crippen LogP contribution in [0.3, 0.4) is 0 Å². The summed E-state index contributed by atoms with van der Waals surface area (Å²) in [5.74, 6) is 0.0543. The fourth-order valence-corrected chi connectivity index (χ4v) is 2.80. The van der Waals surface area contributed by atoms with Crippen LogP contribution in [-0.4, -0.2) is 17.4 Å². The van der Waals surface area contributed by atoms with Gasteiger partial charge in [-0.3, -0.25) is 9.78 Å². The van der Waals surface area contributed by atoms with E-state index in [1.165, 1.54) is 0 Å². The molecule has 1 aromatic heterocycles. The van der Waals surface area contributed by atoms with Crippen molar-refractivity contribution < 1.29 is 4.79 Å². The van der Waals surface area contributed by atoms with Gasteiger partial charge in [0.25, 0.3) is 5.91 Å². The van der Waals surface area contributed by atoms with E-state index in [4.69, 9.17) is 4.98 Å². The number of nitrogens with one attached hydrogen (secondary N) is 1. The summed E-state index contributed by atoms with van der Waals surface area (Å²) in [5.41, 5.74) is 4.06. The van der Waals surface area contributed by atoms with E-state index in [2.05, 4.69) is 12.2 Å². The van der Waals surface area contributed by atoms with E-state index in [0.717, 1.165) is 60.0 Å². The van der Waals surface area contributed by atoms with Crippen LogP contribution in [0.5, 0.6) is 0 Å². The predicted octanol–water partition coefficient (Wildman–Crippen LogP) is 2.86. The van der Waals surface area contributed by atoms with Crippen molar-refractivity contribution in [2.75, 3.05) is 6.54 Å². The van der Waals surface area contributed by atoms with Crippen molar-refractivity contribution in [1.29, 1.82) is 0 Å². The number of hydrogen-bond donors (Lipinski definition) is 1. The standard InChI is InChI=1S/C16H18N2O/c1-2-10-17-16(19)15-11-6-3-4-8-13(11)18-14-9-5-7-12(14)15/h3-4,6,8H,2,5,7,9-10H2,1H3,(H,17,19). The van der Waals surface area contributed by atoms with Gasteiger partial charge < -0.3 is 5.32 Å². The molecule has 1 aliphatic carbocycles. The van der Waals surface area contributed by atoms with E-state index in [1.54, 1.807) is 0 Å². The fourth-order valence-electron chi connectivity index (χ4n) is 2.80. The molecule has 98 valence electrons. The number of pyridine rings is 1. The molecule has 0 radical (unpaired) electrons. The SMILES string of the molecule is CCCNC(=O)c1c2c(nc3ccccc13)CCC2. The fraction of sp³-hybridized carbons (Fsp3) is 0.375. The molecular formula is C16H18N2O. The first kappa shape index (κ1) is 12.2. The van der Waals surface area contributed by atoms with Crippen LogP contribution in [0.4, 0.5) is 0 Å². The van der Waals surface area contributed by atoms with Crippen LogP contribution in [0.15, 0.2) is 24.3 Å². The zero-order valence-electron chi connectivity index (χ0n) is 11.2. The summed E-state index contributed by atoms with van der Waals surface area (Å²) in [6.45, 7) is 2.79. The molecule has 0 saturated heterocycles. The maximum absolute atomic E-state index is 12.4. The number of rotatable bonds is 3. The number of fused-ring (bicyclic) bond motifs is 2. The third kappa shape index (κ3) is 2.09. The lowest BCUT2D eigenvalue weighted by molar-refractivity contribution is 0.0954. The number of benzene rings is 1. The first-order valence-electron chi connectivity index (χ1n) is 7.00. The summed E-state index contributed by atoms with van der Waals surface area (Å²) in [4.78, 5) is 17.1. The third-order valence-electron chi connectivity index (χ3n) is 3.68. The molecule has 1 amide bonds. The minimum Gasteiger partial charge on any atom is -0.352 e. The molecule has 0 fully saturated rings. The van der Waals surface area contributed by atoms with E-state index in [0.29, 0.717) is 0 Å². The number of nitrogens with zero attached hydrogens (tertiary/aromatic N) is 1. The largest absolute Gasteiger partial charge is 0.352 e. The molecule has 3 nitrogen and oxygen atoms in total. The van der Waals surface area contributed by atoms with E-state index in [9.17, 15) is 4.79 Å². The minimum absolute atomic E-state index is 0.0543. The van der Waals surface area contributed by atoms with Crippen LogP contribution in [0.1, 0.15) is 41.4 Å². The van der Waals surface area contributed by atoms with Crippen molar-refractivity contribution in [2.45, 2.75) is 32.6 Å².